The molecule has 17 heavy (non-hydrogen) atoms. The van der Waals surface area contributed by atoms with Crippen LogP contribution in [-0.2, 0) is 4.79 Å². The maximum atomic E-state index is 12.2. The summed E-state index contributed by atoms with van der Waals surface area (Å²) in [5.74, 6) is 0.579. The lowest BCUT2D eigenvalue weighted by Crippen LogP contribution is -2.51. The second-order valence-electron chi connectivity index (χ2n) is 6.43. The number of hydrogen-bond acceptors (Lipinski definition) is 2. The first-order chi connectivity index (χ1) is 7.83. The fraction of sp³-hybridized carbons (Fsp3) is 0.800. The largest absolute Gasteiger partial charge is 0.392 e. The molecule has 2 heteroatoms. The van der Waals surface area contributed by atoms with E-state index < -0.39 is 11.5 Å². The topological polar surface area (TPSA) is 37.3 Å². The van der Waals surface area contributed by atoms with Crippen molar-refractivity contribution in [1.82, 2.24) is 0 Å². The predicted molar refractivity (Wildman–Crippen MR) is 68.6 cm³/mol. The van der Waals surface area contributed by atoms with Crippen molar-refractivity contribution in [2.45, 2.75) is 59.0 Å². The second kappa shape index (κ2) is 3.94. The van der Waals surface area contributed by atoms with Crippen LogP contribution in [0.4, 0.5) is 0 Å². The molecule has 4 atom stereocenters. The molecule has 0 amide bonds. The first kappa shape index (κ1) is 12.8. The van der Waals surface area contributed by atoms with Gasteiger partial charge in [0, 0.05) is 0 Å². The van der Waals surface area contributed by atoms with E-state index in [1.807, 2.05) is 6.92 Å². The molecule has 2 unspecified atom stereocenters. The normalized spacial score (nSPS) is 45.4. The highest BCUT2D eigenvalue weighted by Crippen LogP contribution is 2.62. The van der Waals surface area contributed by atoms with Gasteiger partial charge in [-0.2, -0.15) is 0 Å². The molecule has 0 heterocycles. The molecule has 0 saturated heterocycles. The number of rotatable bonds is 2. The van der Waals surface area contributed by atoms with E-state index in [9.17, 15) is 9.90 Å². The molecule has 2 nitrogen and oxygen atoms in total. The van der Waals surface area contributed by atoms with Crippen LogP contribution in [0.3, 0.4) is 0 Å². The van der Waals surface area contributed by atoms with Gasteiger partial charge in [0.25, 0.3) is 0 Å². The van der Waals surface area contributed by atoms with Gasteiger partial charge in [0.15, 0.2) is 0 Å². The van der Waals surface area contributed by atoms with E-state index in [-0.39, 0.29) is 11.2 Å². The summed E-state index contributed by atoms with van der Waals surface area (Å²) in [6.45, 7) is 9.94. The summed E-state index contributed by atoms with van der Waals surface area (Å²) in [6.07, 6.45) is 4.27. The van der Waals surface area contributed by atoms with E-state index in [1.54, 1.807) is 6.92 Å². The average Bonchev–Trinajstić information content (AvgIpc) is 2.52. The molecule has 0 aromatic rings. The number of Topliss-reactive ketones (excluding diaryl/α,β-unsaturated/α-hetero) is 1. The Balaban J connectivity index is 2.41. The van der Waals surface area contributed by atoms with Crippen LogP contribution < -0.4 is 0 Å². The summed E-state index contributed by atoms with van der Waals surface area (Å²) in [4.78, 5) is 12.2. The molecule has 2 aliphatic rings. The van der Waals surface area contributed by atoms with E-state index in [0.29, 0.717) is 5.92 Å². The van der Waals surface area contributed by atoms with Gasteiger partial charge in [0.05, 0.1) is 11.5 Å². The zero-order valence-corrected chi connectivity index (χ0v) is 11.3. The van der Waals surface area contributed by atoms with Crippen molar-refractivity contribution >= 4 is 5.78 Å². The van der Waals surface area contributed by atoms with Crippen LogP contribution in [0.2, 0.25) is 0 Å². The molecule has 2 aliphatic carbocycles. The Morgan fingerprint density at radius 1 is 1.29 bits per heavy atom. The zero-order valence-electron chi connectivity index (χ0n) is 11.3. The SMILES string of the molecule is C=C(C)[C@@H]1CCC2(C)CCC(O)[C@@]2(C(C)=O)C1. The van der Waals surface area contributed by atoms with Gasteiger partial charge in [-0.15, -0.1) is 0 Å². The van der Waals surface area contributed by atoms with Crippen LogP contribution >= 0.6 is 0 Å². The number of aliphatic hydroxyl groups excluding tert-OH is 1. The van der Waals surface area contributed by atoms with Crippen molar-refractivity contribution in [3.63, 3.8) is 0 Å². The molecule has 2 saturated carbocycles. The fourth-order valence-electron chi connectivity index (χ4n) is 4.26. The Hall–Kier alpha value is -0.630. The van der Waals surface area contributed by atoms with Gasteiger partial charge in [-0.3, -0.25) is 4.79 Å². The summed E-state index contributed by atoms with van der Waals surface area (Å²) in [7, 11) is 0. The molecule has 96 valence electrons. The molecule has 0 spiro atoms. The van der Waals surface area contributed by atoms with Crippen LogP contribution in [0, 0.1) is 16.7 Å². The van der Waals surface area contributed by atoms with Gasteiger partial charge in [-0.25, -0.2) is 0 Å². The number of carbonyl (C=O) groups excluding carboxylic acids is 1. The van der Waals surface area contributed by atoms with Gasteiger partial charge in [0.2, 0.25) is 0 Å². The van der Waals surface area contributed by atoms with Crippen LogP contribution in [0.5, 0.6) is 0 Å². The molecule has 1 N–H and O–H groups in total. The lowest BCUT2D eigenvalue weighted by Gasteiger charge is -2.50. The van der Waals surface area contributed by atoms with Gasteiger partial charge < -0.3 is 5.11 Å². The number of hydrogen-bond donors (Lipinski definition) is 1. The summed E-state index contributed by atoms with van der Waals surface area (Å²) in [5.41, 5.74) is 0.658. The van der Waals surface area contributed by atoms with Crippen molar-refractivity contribution in [2.75, 3.05) is 0 Å². The van der Waals surface area contributed by atoms with Gasteiger partial charge in [0.1, 0.15) is 5.78 Å². The number of ketones is 1. The minimum absolute atomic E-state index is 0.00417. The molecular formula is C15H24O2. The van der Waals surface area contributed by atoms with Crippen molar-refractivity contribution in [2.24, 2.45) is 16.7 Å². The van der Waals surface area contributed by atoms with Crippen LogP contribution in [-0.4, -0.2) is 17.0 Å². The van der Waals surface area contributed by atoms with E-state index in [4.69, 9.17) is 0 Å². The smallest absolute Gasteiger partial charge is 0.139 e. The van der Waals surface area contributed by atoms with E-state index in [2.05, 4.69) is 13.5 Å². The molecule has 0 aliphatic heterocycles. The first-order valence-corrected chi connectivity index (χ1v) is 6.68. The predicted octanol–water partition coefficient (Wildman–Crippen LogP) is 3.10. The molecule has 0 bridgehead atoms. The monoisotopic (exact) mass is 236 g/mol. The average molecular weight is 236 g/mol. The molecular weight excluding hydrogens is 212 g/mol. The van der Waals surface area contributed by atoms with Gasteiger partial charge >= 0.3 is 0 Å². The van der Waals surface area contributed by atoms with E-state index >= 15 is 0 Å². The van der Waals surface area contributed by atoms with Crippen molar-refractivity contribution in [3.8, 4) is 0 Å². The third-order valence-corrected chi connectivity index (χ3v) is 5.55. The minimum atomic E-state index is -0.505. The molecule has 0 aromatic heterocycles. The first-order valence-electron chi connectivity index (χ1n) is 6.68. The maximum absolute atomic E-state index is 12.2. The van der Waals surface area contributed by atoms with Gasteiger partial charge in [-0.05, 0) is 57.3 Å². The van der Waals surface area contributed by atoms with Crippen LogP contribution in [0.25, 0.3) is 0 Å². The number of allylic oxidation sites excluding steroid dienone is 1. The fourth-order valence-corrected chi connectivity index (χ4v) is 4.26. The zero-order chi connectivity index (χ0) is 12.8. The summed E-state index contributed by atoms with van der Waals surface area (Å²) >= 11 is 0. The van der Waals surface area contributed by atoms with Crippen molar-refractivity contribution < 1.29 is 9.90 Å². The van der Waals surface area contributed by atoms with E-state index in [0.717, 1.165) is 37.7 Å². The highest BCUT2D eigenvalue weighted by atomic mass is 16.3. The highest BCUT2D eigenvalue weighted by Gasteiger charge is 2.62. The van der Waals surface area contributed by atoms with Crippen molar-refractivity contribution in [3.05, 3.63) is 12.2 Å². The van der Waals surface area contributed by atoms with Crippen molar-refractivity contribution in [1.29, 1.82) is 0 Å². The Labute approximate surface area is 104 Å². The minimum Gasteiger partial charge on any atom is -0.392 e. The molecule has 0 radical (unpaired) electrons. The van der Waals surface area contributed by atoms with Crippen LogP contribution in [0.1, 0.15) is 52.9 Å². The summed E-state index contributed by atoms with van der Waals surface area (Å²) < 4.78 is 0. The molecule has 2 fully saturated rings. The highest BCUT2D eigenvalue weighted by molar-refractivity contribution is 5.84. The van der Waals surface area contributed by atoms with Crippen LogP contribution in [0.15, 0.2) is 12.2 Å². The lowest BCUT2D eigenvalue weighted by atomic mass is 9.53. The molecule has 2 rings (SSSR count). The summed E-state index contributed by atoms with van der Waals surface area (Å²) in [6, 6.07) is 0. The standard InChI is InChI=1S/C15H24O2/c1-10(2)12-5-7-14(4)8-6-13(17)15(14,9-12)11(3)16/h12-13,17H,1,5-9H2,2-4H3/t12-,13?,14?,15+/m1/s1. The Kier molecular flexibility index (Phi) is 2.97. The summed E-state index contributed by atoms with van der Waals surface area (Å²) in [5, 5.41) is 10.4. The number of fused-ring (bicyclic) bond motifs is 1. The Bertz CT molecular complexity index is 360. The number of aliphatic hydroxyl groups is 1. The Morgan fingerprint density at radius 2 is 1.88 bits per heavy atom. The quantitative estimate of drug-likeness (QED) is 0.748. The van der Waals surface area contributed by atoms with E-state index in [1.165, 1.54) is 0 Å². The second-order valence-corrected chi connectivity index (χ2v) is 6.43. The third-order valence-electron chi connectivity index (χ3n) is 5.55. The molecule has 0 aromatic carbocycles. The lowest BCUT2D eigenvalue weighted by molar-refractivity contribution is -0.146. The Morgan fingerprint density at radius 3 is 2.41 bits per heavy atom. The number of carbonyl (C=O) groups is 1. The maximum Gasteiger partial charge on any atom is 0.139 e. The third kappa shape index (κ3) is 1.61. The van der Waals surface area contributed by atoms with Gasteiger partial charge in [-0.1, -0.05) is 19.1 Å².